The number of unbranched alkanes of at least 4 members (excludes halogenated alkanes) is 3. The van der Waals surface area contributed by atoms with Gasteiger partial charge in [-0.1, -0.05) is 31.0 Å². The fourth-order valence-corrected chi connectivity index (χ4v) is 3.20. The fourth-order valence-electron chi connectivity index (χ4n) is 3.20. The lowest BCUT2D eigenvalue weighted by Crippen LogP contribution is -2.20. The number of hydrogen-bond donors (Lipinski definition) is 1. The van der Waals surface area contributed by atoms with E-state index in [2.05, 4.69) is 12.1 Å². The summed E-state index contributed by atoms with van der Waals surface area (Å²) < 4.78 is 1.69. The van der Waals surface area contributed by atoms with Crippen LogP contribution in [0, 0.1) is 0 Å². The third-order valence-electron chi connectivity index (χ3n) is 4.77. The Morgan fingerprint density at radius 3 is 2.58 bits per heavy atom. The van der Waals surface area contributed by atoms with Gasteiger partial charge in [-0.2, -0.15) is 0 Å². The molecule has 5 nitrogen and oxygen atoms in total. The summed E-state index contributed by atoms with van der Waals surface area (Å²) in [5.41, 5.74) is 1.68. The van der Waals surface area contributed by atoms with Gasteiger partial charge in [-0.25, -0.2) is 0 Å². The van der Waals surface area contributed by atoms with Crippen molar-refractivity contribution < 1.29 is 10.0 Å². The molecular weight excluding hydrogens is 328 g/mol. The molecule has 0 saturated carbocycles. The van der Waals surface area contributed by atoms with Gasteiger partial charge in [-0.05, 0) is 54.8 Å². The van der Waals surface area contributed by atoms with Crippen LogP contribution in [0.5, 0.6) is 0 Å². The third kappa shape index (κ3) is 5.28. The van der Waals surface area contributed by atoms with Crippen LogP contribution in [0.2, 0.25) is 0 Å². The summed E-state index contributed by atoms with van der Waals surface area (Å²) in [6.07, 6.45) is 8.42. The third-order valence-corrected chi connectivity index (χ3v) is 4.77. The predicted molar refractivity (Wildman–Crippen MR) is 105 cm³/mol. The molecule has 1 aromatic carbocycles. The van der Waals surface area contributed by atoms with Crippen molar-refractivity contribution >= 4 is 22.8 Å². The minimum Gasteiger partial charge on any atom is -0.411 e. The number of oxime groups is 1. The summed E-state index contributed by atoms with van der Waals surface area (Å²) in [5.74, 6) is 0.346. The topological polar surface area (TPSA) is 71.7 Å². The van der Waals surface area contributed by atoms with Gasteiger partial charge in [-0.15, -0.1) is 0 Å². The number of carbonyl (C=O) groups excluding carboxylic acids is 1. The molecule has 0 bridgehead atoms. The fraction of sp³-hybridized carbons (Fsp3) is 0.476. The van der Waals surface area contributed by atoms with Crippen LogP contribution < -0.4 is 5.56 Å². The van der Waals surface area contributed by atoms with Gasteiger partial charge in [0.25, 0.3) is 5.56 Å². The van der Waals surface area contributed by atoms with Crippen LogP contribution in [0.25, 0.3) is 10.8 Å². The summed E-state index contributed by atoms with van der Waals surface area (Å²) in [7, 11) is 1.79. The van der Waals surface area contributed by atoms with Crippen molar-refractivity contribution in [1.82, 2.24) is 4.57 Å². The van der Waals surface area contributed by atoms with Crippen LogP contribution in [0.15, 0.2) is 34.2 Å². The molecule has 0 atom stereocenters. The largest absolute Gasteiger partial charge is 0.411 e. The minimum atomic E-state index is -0.0272. The van der Waals surface area contributed by atoms with E-state index in [0.29, 0.717) is 24.0 Å². The minimum absolute atomic E-state index is 0.0272. The number of carbonyl (C=O) groups is 1. The van der Waals surface area contributed by atoms with Crippen molar-refractivity contribution in [2.24, 2.45) is 12.2 Å². The molecule has 0 amide bonds. The summed E-state index contributed by atoms with van der Waals surface area (Å²) in [6, 6.07) is 7.37. The number of Topliss-reactive ketones (excluding diaryl/α,β-unsaturated/α-hetero) is 1. The molecule has 2 aromatic rings. The maximum Gasteiger partial charge on any atom is 0.258 e. The number of aromatic nitrogens is 1. The van der Waals surface area contributed by atoms with Crippen molar-refractivity contribution in [2.45, 2.75) is 58.3 Å². The quantitative estimate of drug-likeness (QED) is 0.300. The van der Waals surface area contributed by atoms with Gasteiger partial charge in [-0.3, -0.25) is 9.59 Å². The van der Waals surface area contributed by atoms with Gasteiger partial charge in [0.1, 0.15) is 5.78 Å². The van der Waals surface area contributed by atoms with E-state index < -0.39 is 0 Å². The van der Waals surface area contributed by atoms with Crippen molar-refractivity contribution in [3.8, 4) is 0 Å². The number of rotatable bonds is 10. The van der Waals surface area contributed by atoms with Crippen molar-refractivity contribution in [2.75, 3.05) is 0 Å². The van der Waals surface area contributed by atoms with Gasteiger partial charge in [0.2, 0.25) is 0 Å². The molecule has 26 heavy (non-hydrogen) atoms. The molecule has 0 aliphatic carbocycles. The highest BCUT2D eigenvalue weighted by atomic mass is 16.4. The maximum atomic E-state index is 12.5. The average molecular weight is 356 g/mol. The lowest BCUT2D eigenvalue weighted by Gasteiger charge is -2.10. The SMILES string of the molecule is CCCCCC(=O)CCCCc1cc2cc(/C=N/O)ccc2c(=O)n1C. The first-order valence-corrected chi connectivity index (χ1v) is 9.38. The average Bonchev–Trinajstić information content (AvgIpc) is 2.63. The van der Waals surface area contributed by atoms with E-state index in [9.17, 15) is 9.59 Å². The molecule has 2 rings (SSSR count). The zero-order chi connectivity index (χ0) is 18.9. The number of nitrogens with zero attached hydrogens (tertiary/aromatic N) is 2. The standard InChI is InChI=1S/C21H28N2O3/c1-3-4-5-9-19(24)10-7-6-8-18-14-17-13-16(15-22-26)11-12-20(17)21(25)23(18)2/h11-15,26H,3-10H2,1-2H3/b22-15+. The van der Waals surface area contributed by atoms with Gasteiger partial charge in [0, 0.05) is 31.0 Å². The summed E-state index contributed by atoms with van der Waals surface area (Å²) in [5, 5.41) is 13.2. The number of pyridine rings is 1. The molecule has 0 unspecified atom stereocenters. The normalized spacial score (nSPS) is 11.5. The highest BCUT2D eigenvalue weighted by Crippen LogP contribution is 2.16. The number of benzene rings is 1. The van der Waals surface area contributed by atoms with Crippen molar-refractivity contribution in [1.29, 1.82) is 0 Å². The maximum absolute atomic E-state index is 12.5. The molecule has 1 heterocycles. The molecular formula is C21H28N2O3. The summed E-state index contributed by atoms with van der Waals surface area (Å²) in [6.45, 7) is 2.14. The first kappa shape index (κ1) is 19.9. The number of aryl methyl sites for hydroxylation is 1. The van der Waals surface area contributed by atoms with Crippen LogP contribution in [-0.4, -0.2) is 21.8 Å². The molecule has 0 aliphatic rings. The molecule has 0 saturated heterocycles. The zero-order valence-electron chi connectivity index (χ0n) is 15.7. The second kappa shape index (κ2) is 9.90. The Morgan fingerprint density at radius 1 is 1.15 bits per heavy atom. The number of fused-ring (bicyclic) bond motifs is 1. The monoisotopic (exact) mass is 356 g/mol. The smallest absolute Gasteiger partial charge is 0.258 e. The van der Waals surface area contributed by atoms with Crippen LogP contribution in [0.4, 0.5) is 0 Å². The Kier molecular flexibility index (Phi) is 7.57. The Labute approximate surface area is 154 Å². The molecule has 0 radical (unpaired) electrons. The Morgan fingerprint density at radius 2 is 1.88 bits per heavy atom. The molecule has 1 N–H and O–H groups in total. The molecule has 0 fully saturated rings. The lowest BCUT2D eigenvalue weighted by molar-refractivity contribution is -0.119. The van der Waals surface area contributed by atoms with E-state index in [1.54, 1.807) is 23.7 Å². The van der Waals surface area contributed by atoms with Crippen molar-refractivity contribution in [3.63, 3.8) is 0 Å². The van der Waals surface area contributed by atoms with E-state index in [1.165, 1.54) is 6.21 Å². The second-order valence-electron chi connectivity index (χ2n) is 6.79. The van der Waals surface area contributed by atoms with Gasteiger partial charge in [0.15, 0.2) is 0 Å². The molecule has 0 aliphatic heterocycles. The molecule has 140 valence electrons. The molecule has 5 heteroatoms. The lowest BCUT2D eigenvalue weighted by atomic mass is 10.0. The summed E-state index contributed by atoms with van der Waals surface area (Å²) >= 11 is 0. The molecule has 1 aromatic heterocycles. The Balaban J connectivity index is 2.01. The zero-order valence-corrected chi connectivity index (χ0v) is 15.7. The van der Waals surface area contributed by atoms with Crippen LogP contribution in [-0.2, 0) is 18.3 Å². The van der Waals surface area contributed by atoms with E-state index >= 15 is 0 Å². The Bertz CT molecular complexity index is 837. The van der Waals surface area contributed by atoms with Crippen LogP contribution >= 0.6 is 0 Å². The van der Waals surface area contributed by atoms with Crippen LogP contribution in [0.1, 0.15) is 63.1 Å². The van der Waals surface area contributed by atoms with Gasteiger partial charge < -0.3 is 9.77 Å². The Hall–Kier alpha value is -2.43. The van der Waals surface area contributed by atoms with E-state index in [0.717, 1.165) is 55.2 Å². The van der Waals surface area contributed by atoms with Gasteiger partial charge >= 0.3 is 0 Å². The van der Waals surface area contributed by atoms with E-state index in [1.807, 2.05) is 12.1 Å². The van der Waals surface area contributed by atoms with E-state index in [-0.39, 0.29) is 5.56 Å². The summed E-state index contributed by atoms with van der Waals surface area (Å²) in [4.78, 5) is 24.4. The van der Waals surface area contributed by atoms with Crippen LogP contribution in [0.3, 0.4) is 0 Å². The first-order valence-electron chi connectivity index (χ1n) is 9.38. The number of ketones is 1. The molecule has 0 spiro atoms. The highest BCUT2D eigenvalue weighted by molar-refractivity contribution is 5.90. The second-order valence-corrected chi connectivity index (χ2v) is 6.79. The first-order chi connectivity index (χ1) is 12.6. The highest BCUT2D eigenvalue weighted by Gasteiger charge is 2.08. The van der Waals surface area contributed by atoms with E-state index in [4.69, 9.17) is 5.21 Å². The predicted octanol–water partition coefficient (Wildman–Crippen LogP) is 4.21. The number of hydrogen-bond acceptors (Lipinski definition) is 4. The van der Waals surface area contributed by atoms with Crippen molar-refractivity contribution in [3.05, 3.63) is 45.9 Å². The van der Waals surface area contributed by atoms with Gasteiger partial charge in [0.05, 0.1) is 6.21 Å².